The Hall–Kier alpha value is -1.87. The van der Waals surface area contributed by atoms with E-state index in [9.17, 15) is 9.59 Å². The maximum absolute atomic E-state index is 12.5. The van der Waals surface area contributed by atoms with E-state index in [1.54, 1.807) is 11.8 Å². The number of carbonyl (C=O) groups is 2. The molecule has 3 amide bonds. The molecule has 0 aromatic carbocycles. The fraction of sp³-hybridized carbons (Fsp3) is 0.385. The molecule has 4 heterocycles. The van der Waals surface area contributed by atoms with Gasteiger partial charge in [-0.15, -0.1) is 0 Å². The van der Waals surface area contributed by atoms with Gasteiger partial charge in [0.2, 0.25) is 11.7 Å². The molecule has 2 aromatic heterocycles. The van der Waals surface area contributed by atoms with Gasteiger partial charge in [-0.05, 0) is 23.6 Å². The average molecular weight is 336 g/mol. The van der Waals surface area contributed by atoms with E-state index in [0.717, 1.165) is 16.2 Å². The van der Waals surface area contributed by atoms with Gasteiger partial charge in [0.25, 0.3) is 5.91 Å². The van der Waals surface area contributed by atoms with Crippen molar-refractivity contribution in [2.75, 3.05) is 11.5 Å². The zero-order valence-corrected chi connectivity index (χ0v) is 13.1. The second-order valence-corrected chi connectivity index (χ2v) is 7.12. The normalized spacial score (nSPS) is 24.5. The monoisotopic (exact) mass is 336 g/mol. The third kappa shape index (κ3) is 2.12. The first-order valence-corrected chi connectivity index (χ1v) is 8.85. The Balaban J connectivity index is 1.54. The molecule has 0 aliphatic carbocycles. The van der Waals surface area contributed by atoms with Gasteiger partial charge < -0.3 is 9.84 Å². The smallest absolute Gasteiger partial charge is 0.325 e. The quantitative estimate of drug-likeness (QED) is 0.859. The van der Waals surface area contributed by atoms with Crippen molar-refractivity contribution in [1.82, 2.24) is 20.4 Å². The van der Waals surface area contributed by atoms with Crippen molar-refractivity contribution in [2.24, 2.45) is 0 Å². The van der Waals surface area contributed by atoms with Crippen LogP contribution in [0.1, 0.15) is 12.3 Å². The predicted octanol–water partition coefficient (Wildman–Crippen LogP) is 1.73. The van der Waals surface area contributed by atoms with Gasteiger partial charge in [-0.3, -0.25) is 9.69 Å². The molecular weight excluding hydrogens is 324 g/mol. The molecule has 0 bridgehead atoms. The zero-order chi connectivity index (χ0) is 15.2. The molecule has 2 aromatic rings. The summed E-state index contributed by atoms with van der Waals surface area (Å²) in [7, 11) is 0. The van der Waals surface area contributed by atoms with Gasteiger partial charge in [0, 0.05) is 16.7 Å². The van der Waals surface area contributed by atoms with Crippen molar-refractivity contribution in [3.63, 3.8) is 0 Å². The van der Waals surface area contributed by atoms with Crippen molar-refractivity contribution in [3.8, 4) is 11.4 Å². The van der Waals surface area contributed by atoms with Gasteiger partial charge in [-0.25, -0.2) is 4.79 Å². The van der Waals surface area contributed by atoms with Crippen LogP contribution >= 0.6 is 23.1 Å². The zero-order valence-electron chi connectivity index (χ0n) is 11.4. The molecule has 114 valence electrons. The summed E-state index contributed by atoms with van der Waals surface area (Å²) < 4.78 is 5.16. The maximum Gasteiger partial charge on any atom is 0.325 e. The van der Waals surface area contributed by atoms with E-state index in [2.05, 4.69) is 15.5 Å². The molecule has 9 heteroatoms. The Kier molecular flexibility index (Phi) is 3.19. The SMILES string of the molecule is O=C1NC2(CCSC2)C(=O)N1Cc1nc(-c2ccsc2)no1. The predicted molar refractivity (Wildman–Crippen MR) is 81.4 cm³/mol. The van der Waals surface area contributed by atoms with Crippen LogP contribution in [0.25, 0.3) is 11.4 Å². The van der Waals surface area contributed by atoms with Crippen molar-refractivity contribution in [3.05, 3.63) is 22.7 Å². The molecule has 2 fully saturated rings. The van der Waals surface area contributed by atoms with Gasteiger partial charge in [0.1, 0.15) is 12.1 Å². The number of hydrogen-bond acceptors (Lipinski definition) is 7. The number of urea groups is 1. The summed E-state index contributed by atoms with van der Waals surface area (Å²) in [5.41, 5.74) is 0.124. The number of nitrogens with one attached hydrogen (secondary N) is 1. The average Bonchev–Trinajstić information content (AvgIpc) is 3.25. The summed E-state index contributed by atoms with van der Waals surface area (Å²) in [6.07, 6.45) is 0.669. The van der Waals surface area contributed by atoms with Gasteiger partial charge in [-0.2, -0.15) is 28.1 Å². The second kappa shape index (κ2) is 5.10. The number of imide groups is 1. The van der Waals surface area contributed by atoms with Crippen LogP contribution in [0.4, 0.5) is 4.79 Å². The third-order valence-electron chi connectivity index (χ3n) is 3.81. The van der Waals surface area contributed by atoms with Crippen molar-refractivity contribution in [2.45, 2.75) is 18.5 Å². The maximum atomic E-state index is 12.5. The number of hydrogen-bond donors (Lipinski definition) is 1. The van der Waals surface area contributed by atoms with E-state index in [0.29, 0.717) is 18.0 Å². The first kappa shape index (κ1) is 13.8. The minimum Gasteiger partial charge on any atom is -0.337 e. The number of thioether (sulfide) groups is 1. The minimum atomic E-state index is -0.738. The fourth-order valence-corrected chi connectivity index (χ4v) is 4.58. The fourth-order valence-electron chi connectivity index (χ4n) is 2.62. The first-order chi connectivity index (χ1) is 10.7. The molecule has 2 aliphatic rings. The Bertz CT molecular complexity index is 721. The van der Waals surface area contributed by atoms with E-state index in [1.807, 2.05) is 16.8 Å². The Labute approximate surface area is 134 Å². The molecule has 1 spiro atoms. The van der Waals surface area contributed by atoms with Crippen LogP contribution in [-0.2, 0) is 11.3 Å². The summed E-state index contributed by atoms with van der Waals surface area (Å²) in [5, 5.41) is 10.5. The van der Waals surface area contributed by atoms with Crippen LogP contribution in [0.2, 0.25) is 0 Å². The van der Waals surface area contributed by atoms with Crippen LogP contribution in [0.3, 0.4) is 0 Å². The van der Waals surface area contributed by atoms with Gasteiger partial charge in [-0.1, -0.05) is 5.16 Å². The number of carbonyl (C=O) groups excluding carboxylic acids is 2. The number of amides is 3. The summed E-state index contributed by atoms with van der Waals surface area (Å²) >= 11 is 3.21. The summed E-state index contributed by atoms with van der Waals surface area (Å²) in [6, 6.07) is 1.50. The first-order valence-electron chi connectivity index (χ1n) is 6.75. The molecule has 1 N–H and O–H groups in total. The van der Waals surface area contributed by atoms with Crippen molar-refractivity contribution < 1.29 is 14.1 Å². The van der Waals surface area contributed by atoms with E-state index in [1.165, 1.54) is 11.3 Å². The molecule has 2 saturated heterocycles. The lowest BCUT2D eigenvalue weighted by Gasteiger charge is -2.18. The van der Waals surface area contributed by atoms with Gasteiger partial charge in [0.05, 0.1) is 0 Å². The van der Waals surface area contributed by atoms with Crippen LogP contribution in [-0.4, -0.2) is 44.0 Å². The molecule has 4 rings (SSSR count). The Morgan fingerprint density at radius 3 is 3.09 bits per heavy atom. The Morgan fingerprint density at radius 2 is 2.36 bits per heavy atom. The van der Waals surface area contributed by atoms with Crippen molar-refractivity contribution >= 4 is 35.0 Å². The van der Waals surface area contributed by atoms with E-state index in [4.69, 9.17) is 4.52 Å². The number of rotatable bonds is 3. The minimum absolute atomic E-state index is 0.00816. The molecule has 1 atom stereocenters. The van der Waals surface area contributed by atoms with E-state index < -0.39 is 5.54 Å². The summed E-state index contributed by atoms with van der Waals surface area (Å²) in [4.78, 5) is 30.0. The van der Waals surface area contributed by atoms with Gasteiger partial charge >= 0.3 is 6.03 Å². The lowest BCUT2D eigenvalue weighted by atomic mass is 9.99. The van der Waals surface area contributed by atoms with Crippen LogP contribution in [0, 0.1) is 0 Å². The van der Waals surface area contributed by atoms with E-state index >= 15 is 0 Å². The van der Waals surface area contributed by atoms with Crippen molar-refractivity contribution in [1.29, 1.82) is 0 Å². The van der Waals surface area contributed by atoms with Crippen LogP contribution < -0.4 is 5.32 Å². The lowest BCUT2D eigenvalue weighted by molar-refractivity contribution is -0.131. The third-order valence-corrected chi connectivity index (χ3v) is 5.68. The number of nitrogens with zero attached hydrogens (tertiary/aromatic N) is 3. The molecule has 2 aliphatic heterocycles. The highest BCUT2D eigenvalue weighted by atomic mass is 32.2. The van der Waals surface area contributed by atoms with Crippen LogP contribution in [0.15, 0.2) is 21.3 Å². The summed E-state index contributed by atoms with van der Waals surface area (Å²) in [6.45, 7) is 0.00816. The molecule has 1 unspecified atom stereocenters. The van der Waals surface area contributed by atoms with Gasteiger partial charge in [0.15, 0.2) is 0 Å². The molecule has 22 heavy (non-hydrogen) atoms. The van der Waals surface area contributed by atoms with Crippen LogP contribution in [0.5, 0.6) is 0 Å². The molecule has 7 nitrogen and oxygen atoms in total. The topological polar surface area (TPSA) is 88.3 Å². The highest BCUT2D eigenvalue weighted by Crippen LogP contribution is 2.34. The Morgan fingerprint density at radius 1 is 1.45 bits per heavy atom. The largest absolute Gasteiger partial charge is 0.337 e. The standard InChI is InChI=1S/C13H12N4O3S2/c18-11-13(2-4-22-7-13)15-12(19)17(11)5-9-14-10(16-20-9)8-1-3-21-6-8/h1,3,6H,2,4-5,7H2,(H,15,19). The molecule has 0 saturated carbocycles. The molecular formula is C13H12N4O3S2. The number of aromatic nitrogens is 2. The highest BCUT2D eigenvalue weighted by Gasteiger charge is 2.53. The number of thiophene rings is 1. The van der Waals surface area contributed by atoms with E-state index in [-0.39, 0.29) is 24.4 Å². The molecule has 0 radical (unpaired) electrons. The second-order valence-electron chi connectivity index (χ2n) is 5.23. The summed E-state index contributed by atoms with van der Waals surface area (Å²) in [5.74, 6) is 2.03. The highest BCUT2D eigenvalue weighted by molar-refractivity contribution is 7.99. The lowest BCUT2D eigenvalue weighted by Crippen LogP contribution is -2.46.